The summed E-state index contributed by atoms with van der Waals surface area (Å²) in [5.41, 5.74) is 6.44. The van der Waals surface area contributed by atoms with Gasteiger partial charge in [0.2, 0.25) is 5.75 Å². The van der Waals surface area contributed by atoms with E-state index in [4.69, 9.17) is 40.0 Å². The first-order valence-corrected chi connectivity index (χ1v) is 20.4. The van der Waals surface area contributed by atoms with Gasteiger partial charge in [-0.05, 0) is 121 Å². The van der Waals surface area contributed by atoms with E-state index in [-0.39, 0.29) is 10.9 Å². The Labute approximate surface area is 331 Å². The molecule has 0 saturated heterocycles. The predicted octanol–water partition coefficient (Wildman–Crippen LogP) is 8.31. The quantitative estimate of drug-likeness (QED) is 0.167. The zero-order valence-electron chi connectivity index (χ0n) is 31.8. The van der Waals surface area contributed by atoms with Crippen LogP contribution >= 0.6 is 11.6 Å². The molecule has 7 bridgehead atoms. The monoisotopic (exact) mass is 795 g/mol. The molecule has 0 spiro atoms. The fourth-order valence-corrected chi connectivity index (χ4v) is 10.4. The number of anilines is 1. The SMILES string of the molecule is COc1cc2c3cc1Oc1ccc(cc1)CC1c4cc(c(OC)cc4CCN1C)Oc1c(OC)c(OC)cc4c1[C@H](C3)N(CC4)N2S(=O)(=O)c1ccc(Cl)cc1. The van der Waals surface area contributed by atoms with Gasteiger partial charge in [-0.25, -0.2) is 0 Å². The standard InChI is InChI=1S/C43H42ClN3O8S/c1-45-16-14-26-20-36(50-2)39-23-32(26)34(45)18-25-6-10-30(11-7-25)54-38-22-28-19-35-41-27(21-40(52-4)42(53-5)43(41)55-39)15-17-46(35)47(33(28)24-37(38)51-3)56(48,49)31-12-8-29(44)9-13-31/h6-13,20-24,34-35H,14-19H2,1-5H3/t34?,35-/m0/s1. The van der Waals surface area contributed by atoms with Crippen molar-refractivity contribution in [2.24, 2.45) is 0 Å². The van der Waals surface area contributed by atoms with Gasteiger partial charge in [0.05, 0.1) is 45.1 Å². The molecule has 5 aromatic carbocycles. The second kappa shape index (κ2) is 14.1. The summed E-state index contributed by atoms with van der Waals surface area (Å²) in [5.74, 6) is 3.95. The van der Waals surface area contributed by atoms with E-state index < -0.39 is 16.1 Å². The molecule has 0 aliphatic carbocycles. The lowest BCUT2D eigenvalue weighted by atomic mass is 9.86. The van der Waals surface area contributed by atoms with Crippen LogP contribution in [0.1, 0.15) is 45.5 Å². The van der Waals surface area contributed by atoms with Gasteiger partial charge in [-0.3, -0.25) is 4.90 Å². The zero-order chi connectivity index (χ0) is 38.9. The first-order valence-electron chi connectivity index (χ1n) is 18.5. The second-order valence-electron chi connectivity index (χ2n) is 14.5. The van der Waals surface area contributed by atoms with E-state index in [0.29, 0.717) is 76.1 Å². The van der Waals surface area contributed by atoms with Crippen molar-refractivity contribution in [3.8, 4) is 46.0 Å². The highest BCUT2D eigenvalue weighted by Gasteiger charge is 2.46. The summed E-state index contributed by atoms with van der Waals surface area (Å²) in [4.78, 5) is 2.47. The van der Waals surface area contributed by atoms with Crippen LogP contribution in [0.15, 0.2) is 83.8 Å². The number of hydrogen-bond acceptors (Lipinski definition) is 10. The number of sulfonamides is 1. The molecule has 0 amide bonds. The van der Waals surface area contributed by atoms with Crippen molar-refractivity contribution in [2.75, 3.05) is 53.0 Å². The van der Waals surface area contributed by atoms with Gasteiger partial charge in [0.1, 0.15) is 5.75 Å². The summed E-state index contributed by atoms with van der Waals surface area (Å²) >= 11 is 6.24. The number of likely N-dealkylation sites (N-methyl/N-ethyl adjacent to an activating group) is 1. The van der Waals surface area contributed by atoms with E-state index >= 15 is 0 Å². The lowest BCUT2D eigenvalue weighted by Crippen LogP contribution is -2.54. The largest absolute Gasteiger partial charge is 0.493 e. The smallest absolute Gasteiger partial charge is 0.277 e. The Hall–Kier alpha value is -5.14. The van der Waals surface area contributed by atoms with Gasteiger partial charge in [0, 0.05) is 35.8 Å². The van der Waals surface area contributed by atoms with Gasteiger partial charge in [0.15, 0.2) is 34.5 Å². The van der Waals surface area contributed by atoms with Gasteiger partial charge in [0.25, 0.3) is 10.0 Å². The fourth-order valence-electron chi connectivity index (χ4n) is 8.65. The molecule has 56 heavy (non-hydrogen) atoms. The van der Waals surface area contributed by atoms with Crippen molar-refractivity contribution in [1.82, 2.24) is 9.91 Å². The molecule has 1 unspecified atom stereocenters. The Morgan fingerprint density at radius 3 is 2.09 bits per heavy atom. The summed E-state index contributed by atoms with van der Waals surface area (Å²) in [5, 5.41) is 2.33. The third-order valence-corrected chi connectivity index (χ3v) is 13.4. The molecule has 5 aliphatic rings. The van der Waals surface area contributed by atoms with Crippen LogP contribution in [0.5, 0.6) is 46.0 Å². The van der Waals surface area contributed by atoms with E-state index in [1.165, 1.54) is 22.1 Å². The van der Waals surface area contributed by atoms with Crippen LogP contribution in [0, 0.1) is 0 Å². The number of hydrogen-bond donors (Lipinski definition) is 0. The van der Waals surface area contributed by atoms with Gasteiger partial charge in [-0.2, -0.15) is 17.8 Å². The van der Waals surface area contributed by atoms with Crippen molar-refractivity contribution in [3.63, 3.8) is 0 Å². The van der Waals surface area contributed by atoms with Crippen molar-refractivity contribution in [2.45, 2.75) is 42.7 Å². The van der Waals surface area contributed by atoms with Crippen LogP contribution in [0.2, 0.25) is 5.02 Å². The summed E-state index contributed by atoms with van der Waals surface area (Å²) in [6.45, 7) is 1.27. The molecular weight excluding hydrogens is 754 g/mol. The number of benzene rings is 5. The highest BCUT2D eigenvalue weighted by Crippen LogP contribution is 2.55. The molecular formula is C43H42ClN3O8S. The molecule has 5 aliphatic heterocycles. The number of hydrazine groups is 1. The maximum atomic E-state index is 15.0. The van der Waals surface area contributed by atoms with E-state index in [2.05, 4.69) is 36.2 Å². The van der Waals surface area contributed by atoms with E-state index in [9.17, 15) is 8.42 Å². The first kappa shape index (κ1) is 36.5. The van der Waals surface area contributed by atoms with Gasteiger partial charge in [-0.1, -0.05) is 23.7 Å². The Morgan fingerprint density at radius 2 is 1.38 bits per heavy atom. The average Bonchev–Trinajstić information content (AvgIpc) is 3.20. The maximum Gasteiger partial charge on any atom is 0.277 e. The van der Waals surface area contributed by atoms with Crippen LogP contribution in [0.25, 0.3) is 0 Å². The lowest BCUT2D eigenvalue weighted by Gasteiger charge is -2.48. The highest BCUT2D eigenvalue weighted by atomic mass is 35.5. The van der Waals surface area contributed by atoms with E-state index in [0.717, 1.165) is 47.2 Å². The molecule has 290 valence electrons. The molecule has 11 nitrogen and oxygen atoms in total. The number of rotatable bonds is 6. The Kier molecular flexibility index (Phi) is 9.19. The van der Waals surface area contributed by atoms with Gasteiger partial charge in [-0.15, -0.1) is 0 Å². The molecule has 0 N–H and O–H groups in total. The van der Waals surface area contributed by atoms with Crippen LogP contribution < -0.4 is 32.8 Å². The third-order valence-electron chi connectivity index (χ3n) is 11.5. The van der Waals surface area contributed by atoms with Crippen LogP contribution in [0.3, 0.4) is 0 Å². The lowest BCUT2D eigenvalue weighted by molar-refractivity contribution is 0.178. The summed E-state index contributed by atoms with van der Waals surface area (Å²) in [6, 6.07) is 23.6. The minimum Gasteiger partial charge on any atom is -0.493 e. The van der Waals surface area contributed by atoms with Crippen LogP contribution in [-0.2, 0) is 35.7 Å². The fraction of sp³-hybridized carbons (Fsp3) is 0.302. The summed E-state index contributed by atoms with van der Waals surface area (Å²) < 4.78 is 68.8. The molecule has 2 atom stereocenters. The summed E-state index contributed by atoms with van der Waals surface area (Å²) in [7, 11) is 4.33. The normalized spacial score (nSPS) is 18.7. The van der Waals surface area contributed by atoms with Crippen molar-refractivity contribution < 1.29 is 36.8 Å². The van der Waals surface area contributed by atoms with Crippen LogP contribution in [-0.4, -0.2) is 66.9 Å². The topological polar surface area (TPSA) is 99.2 Å². The number of ether oxygens (including phenoxy) is 6. The minimum atomic E-state index is -4.21. The number of halogens is 1. The summed E-state index contributed by atoms with van der Waals surface area (Å²) in [6.07, 6.45) is 2.53. The molecule has 0 fully saturated rings. The van der Waals surface area contributed by atoms with Crippen LogP contribution in [0.4, 0.5) is 5.69 Å². The molecule has 0 saturated carbocycles. The first-order chi connectivity index (χ1) is 27.1. The molecule has 13 heteroatoms. The Balaban J connectivity index is 1.32. The maximum absolute atomic E-state index is 15.0. The van der Waals surface area contributed by atoms with Gasteiger partial charge < -0.3 is 28.4 Å². The zero-order valence-corrected chi connectivity index (χ0v) is 33.4. The van der Waals surface area contributed by atoms with Crippen molar-refractivity contribution in [1.29, 1.82) is 0 Å². The molecule has 0 radical (unpaired) electrons. The Bertz CT molecular complexity index is 2460. The van der Waals surface area contributed by atoms with E-state index in [1.54, 1.807) is 46.6 Å². The van der Waals surface area contributed by atoms with Gasteiger partial charge >= 0.3 is 0 Å². The number of fused-ring (bicyclic) bond motifs is 2. The number of methoxy groups -OCH3 is 4. The van der Waals surface area contributed by atoms with Crippen molar-refractivity contribution >= 4 is 27.3 Å². The van der Waals surface area contributed by atoms with Crippen molar-refractivity contribution in [3.05, 3.63) is 117 Å². The minimum absolute atomic E-state index is 0.0643. The average molecular weight is 796 g/mol. The Morgan fingerprint density at radius 1 is 0.696 bits per heavy atom. The highest BCUT2D eigenvalue weighted by molar-refractivity contribution is 7.92. The third kappa shape index (κ3) is 5.98. The molecule has 5 heterocycles. The predicted molar refractivity (Wildman–Crippen MR) is 213 cm³/mol. The molecule has 10 rings (SSSR count). The molecule has 5 aromatic rings. The molecule has 0 aromatic heterocycles. The second-order valence-corrected chi connectivity index (χ2v) is 16.7. The number of nitrogens with zero attached hydrogens (tertiary/aromatic N) is 3. The van der Waals surface area contributed by atoms with E-state index in [1.807, 2.05) is 29.3 Å².